The van der Waals surface area contributed by atoms with Crippen molar-refractivity contribution in [3.05, 3.63) is 34.9 Å². The average molecular weight is 269 g/mol. The summed E-state index contributed by atoms with van der Waals surface area (Å²) < 4.78 is 27.8. The van der Waals surface area contributed by atoms with Crippen LogP contribution in [0.4, 0.5) is 8.78 Å². The molecule has 0 saturated heterocycles. The molecular weight excluding hydrogens is 244 g/mol. The quantitative estimate of drug-likeness (QED) is 0.813. The van der Waals surface area contributed by atoms with Gasteiger partial charge in [0.25, 0.3) is 0 Å². The molecule has 1 nitrogen and oxygen atoms in total. The summed E-state index contributed by atoms with van der Waals surface area (Å²) in [6.45, 7) is 10.8. The minimum atomic E-state index is -0.339. The second-order valence-corrected chi connectivity index (χ2v) is 6.39. The molecule has 0 spiro atoms. The Balaban J connectivity index is 3.06. The minimum Gasteiger partial charge on any atom is -0.310 e. The predicted molar refractivity (Wildman–Crippen MR) is 76.2 cm³/mol. The highest BCUT2D eigenvalue weighted by Gasteiger charge is 2.23. The molecule has 0 bridgehead atoms. The molecule has 1 aromatic carbocycles. The van der Waals surface area contributed by atoms with E-state index in [2.05, 4.69) is 33.0 Å². The van der Waals surface area contributed by atoms with Crippen molar-refractivity contribution < 1.29 is 8.78 Å². The largest absolute Gasteiger partial charge is 0.310 e. The van der Waals surface area contributed by atoms with Crippen LogP contribution in [0.15, 0.2) is 12.1 Å². The van der Waals surface area contributed by atoms with Crippen LogP contribution >= 0.6 is 0 Å². The van der Waals surface area contributed by atoms with Crippen molar-refractivity contribution in [1.82, 2.24) is 5.32 Å². The van der Waals surface area contributed by atoms with Crippen molar-refractivity contribution in [2.24, 2.45) is 5.41 Å². The van der Waals surface area contributed by atoms with Gasteiger partial charge in [0.15, 0.2) is 0 Å². The van der Waals surface area contributed by atoms with E-state index in [1.807, 2.05) is 0 Å². The van der Waals surface area contributed by atoms with Crippen LogP contribution < -0.4 is 5.32 Å². The van der Waals surface area contributed by atoms with E-state index in [1.165, 1.54) is 12.1 Å². The lowest BCUT2D eigenvalue weighted by atomic mass is 9.85. The highest BCUT2D eigenvalue weighted by atomic mass is 19.1. The zero-order valence-electron chi connectivity index (χ0n) is 12.6. The Morgan fingerprint density at radius 3 is 2.32 bits per heavy atom. The van der Waals surface area contributed by atoms with E-state index in [9.17, 15) is 8.78 Å². The van der Waals surface area contributed by atoms with Gasteiger partial charge >= 0.3 is 0 Å². The normalized spacial score (nSPS) is 13.6. The van der Waals surface area contributed by atoms with E-state index in [4.69, 9.17) is 0 Å². The molecule has 3 heteroatoms. The van der Waals surface area contributed by atoms with Crippen LogP contribution in [0.3, 0.4) is 0 Å². The first-order valence-corrected chi connectivity index (χ1v) is 6.93. The first-order valence-electron chi connectivity index (χ1n) is 6.93. The number of benzene rings is 1. The molecule has 1 atom stereocenters. The lowest BCUT2D eigenvalue weighted by Crippen LogP contribution is -2.27. The summed E-state index contributed by atoms with van der Waals surface area (Å²) in [5.41, 5.74) is 0.844. The van der Waals surface area contributed by atoms with Crippen LogP contribution in [-0.4, -0.2) is 6.54 Å². The Kier molecular flexibility index (Phi) is 5.48. The third-order valence-electron chi connectivity index (χ3n) is 3.11. The Labute approximate surface area is 115 Å². The maximum Gasteiger partial charge on any atom is 0.128 e. The van der Waals surface area contributed by atoms with E-state index in [-0.39, 0.29) is 23.1 Å². The maximum atomic E-state index is 14.1. The molecule has 1 rings (SSSR count). The number of hydrogen-bond acceptors (Lipinski definition) is 1. The molecule has 0 heterocycles. The third kappa shape index (κ3) is 4.90. The van der Waals surface area contributed by atoms with E-state index in [0.29, 0.717) is 11.1 Å². The minimum absolute atomic E-state index is 0.0548. The van der Waals surface area contributed by atoms with Crippen LogP contribution in [-0.2, 0) is 0 Å². The van der Waals surface area contributed by atoms with Crippen molar-refractivity contribution in [2.75, 3.05) is 6.54 Å². The fourth-order valence-corrected chi connectivity index (χ4v) is 2.15. The van der Waals surface area contributed by atoms with Gasteiger partial charge in [-0.2, -0.15) is 0 Å². The molecule has 0 aliphatic heterocycles. The van der Waals surface area contributed by atoms with Gasteiger partial charge in [0.05, 0.1) is 0 Å². The smallest absolute Gasteiger partial charge is 0.128 e. The van der Waals surface area contributed by atoms with Gasteiger partial charge in [0.2, 0.25) is 0 Å². The van der Waals surface area contributed by atoms with E-state index in [1.54, 1.807) is 6.92 Å². The molecule has 1 unspecified atom stereocenters. The van der Waals surface area contributed by atoms with E-state index in [0.717, 1.165) is 19.4 Å². The molecule has 1 N–H and O–H groups in total. The molecule has 0 saturated carbocycles. The molecule has 0 aromatic heterocycles. The Hall–Kier alpha value is -0.960. The van der Waals surface area contributed by atoms with Crippen molar-refractivity contribution in [2.45, 2.75) is 53.5 Å². The summed E-state index contributed by atoms with van der Waals surface area (Å²) >= 11 is 0. The Morgan fingerprint density at radius 1 is 1.16 bits per heavy atom. The lowest BCUT2D eigenvalue weighted by molar-refractivity contribution is 0.306. The molecule has 0 amide bonds. The first kappa shape index (κ1) is 16.1. The number of rotatable bonds is 5. The van der Waals surface area contributed by atoms with Gasteiger partial charge in [0, 0.05) is 11.6 Å². The molecule has 0 aliphatic rings. The Morgan fingerprint density at radius 2 is 1.79 bits per heavy atom. The van der Waals surface area contributed by atoms with Crippen LogP contribution in [0.1, 0.15) is 57.7 Å². The van der Waals surface area contributed by atoms with Crippen molar-refractivity contribution in [1.29, 1.82) is 0 Å². The lowest BCUT2D eigenvalue weighted by Gasteiger charge is -2.27. The van der Waals surface area contributed by atoms with E-state index < -0.39 is 0 Å². The highest BCUT2D eigenvalue weighted by Crippen LogP contribution is 2.31. The zero-order chi connectivity index (χ0) is 14.6. The monoisotopic (exact) mass is 269 g/mol. The summed E-state index contributed by atoms with van der Waals surface area (Å²) in [5.74, 6) is -0.662. The van der Waals surface area contributed by atoms with Gasteiger partial charge in [-0.05, 0) is 49.4 Å². The highest BCUT2D eigenvalue weighted by molar-refractivity contribution is 5.28. The summed E-state index contributed by atoms with van der Waals surface area (Å²) in [4.78, 5) is 0. The molecule has 0 radical (unpaired) electrons. The molecule has 1 aromatic rings. The summed E-state index contributed by atoms with van der Waals surface area (Å²) in [5, 5.41) is 3.32. The van der Waals surface area contributed by atoms with Crippen LogP contribution in [0.25, 0.3) is 0 Å². The van der Waals surface area contributed by atoms with Crippen molar-refractivity contribution in [3.8, 4) is 0 Å². The molecule has 0 fully saturated rings. The van der Waals surface area contributed by atoms with Gasteiger partial charge < -0.3 is 5.32 Å². The molecule has 0 aliphatic carbocycles. The van der Waals surface area contributed by atoms with Crippen molar-refractivity contribution >= 4 is 0 Å². The summed E-state index contributed by atoms with van der Waals surface area (Å²) in [6, 6.07) is 2.48. The standard InChI is InChI=1S/C16H25F2N/c1-6-7-19-15(10-16(3,4)5)12-9-13(17)11(2)8-14(12)18/h8-9,15,19H,6-7,10H2,1-5H3. The summed E-state index contributed by atoms with van der Waals surface area (Å²) in [7, 11) is 0. The predicted octanol–water partition coefficient (Wildman–Crippen LogP) is 4.75. The van der Waals surface area contributed by atoms with Crippen molar-refractivity contribution in [3.63, 3.8) is 0 Å². The average Bonchev–Trinajstić information content (AvgIpc) is 2.28. The topological polar surface area (TPSA) is 12.0 Å². The van der Waals surface area contributed by atoms with Gasteiger partial charge in [-0.1, -0.05) is 27.7 Å². The van der Waals surface area contributed by atoms with Crippen LogP contribution in [0.2, 0.25) is 0 Å². The zero-order valence-corrected chi connectivity index (χ0v) is 12.6. The van der Waals surface area contributed by atoms with Gasteiger partial charge in [-0.3, -0.25) is 0 Å². The molecule has 108 valence electrons. The van der Waals surface area contributed by atoms with Gasteiger partial charge in [-0.25, -0.2) is 8.78 Å². The number of aryl methyl sites for hydroxylation is 1. The van der Waals surface area contributed by atoms with E-state index >= 15 is 0 Å². The van der Waals surface area contributed by atoms with Gasteiger partial charge in [0.1, 0.15) is 11.6 Å². The van der Waals surface area contributed by atoms with Crippen LogP contribution in [0.5, 0.6) is 0 Å². The SMILES string of the molecule is CCCNC(CC(C)(C)C)c1cc(F)c(C)cc1F. The second-order valence-electron chi connectivity index (χ2n) is 6.39. The number of hydrogen-bond donors (Lipinski definition) is 1. The van der Waals surface area contributed by atoms with Crippen LogP contribution in [0, 0.1) is 24.0 Å². The fraction of sp³-hybridized carbons (Fsp3) is 0.625. The number of nitrogens with one attached hydrogen (secondary N) is 1. The molecular formula is C16H25F2N. The maximum absolute atomic E-state index is 14.1. The Bertz CT molecular complexity index is 421. The molecule has 19 heavy (non-hydrogen) atoms. The van der Waals surface area contributed by atoms with Gasteiger partial charge in [-0.15, -0.1) is 0 Å². The summed E-state index contributed by atoms with van der Waals surface area (Å²) in [6.07, 6.45) is 1.74. The number of halogens is 2. The first-order chi connectivity index (χ1) is 8.74. The second kappa shape index (κ2) is 6.47. The third-order valence-corrected chi connectivity index (χ3v) is 3.11. The fourth-order valence-electron chi connectivity index (χ4n) is 2.15.